The fraction of sp³-hybridized carbons (Fsp3) is 0.421. The second-order valence-corrected chi connectivity index (χ2v) is 6.48. The lowest BCUT2D eigenvalue weighted by Crippen LogP contribution is -2.22. The molecule has 1 atom stereocenters. The van der Waals surface area contributed by atoms with Crippen LogP contribution < -0.4 is 15.8 Å². The normalized spacial score (nSPS) is 14.8. The van der Waals surface area contributed by atoms with Crippen molar-refractivity contribution in [1.29, 1.82) is 0 Å². The van der Waals surface area contributed by atoms with E-state index in [1.165, 1.54) is 12.8 Å². The molecule has 0 aliphatic heterocycles. The van der Waals surface area contributed by atoms with Crippen LogP contribution in [0.2, 0.25) is 0 Å². The van der Waals surface area contributed by atoms with Crippen molar-refractivity contribution in [2.75, 3.05) is 12.4 Å². The molecule has 3 N–H and O–H groups in total. The molecule has 1 aliphatic rings. The van der Waals surface area contributed by atoms with E-state index >= 15 is 0 Å². The van der Waals surface area contributed by atoms with Gasteiger partial charge in [-0.25, -0.2) is 9.97 Å². The molecule has 0 spiro atoms. The van der Waals surface area contributed by atoms with Crippen molar-refractivity contribution in [1.82, 2.24) is 9.97 Å². The van der Waals surface area contributed by atoms with Crippen LogP contribution in [-0.2, 0) is 0 Å². The highest BCUT2D eigenvalue weighted by Gasteiger charge is 2.25. The molecule has 132 valence electrons. The number of primary amides is 1. The lowest BCUT2D eigenvalue weighted by Gasteiger charge is -2.17. The molecule has 1 amide bonds. The summed E-state index contributed by atoms with van der Waals surface area (Å²) in [7, 11) is 1.62. The van der Waals surface area contributed by atoms with Crippen molar-refractivity contribution in [2.24, 2.45) is 11.7 Å². The second-order valence-electron chi connectivity index (χ2n) is 6.48. The number of hydrogen-bond donors (Lipinski definition) is 2. The monoisotopic (exact) mass is 340 g/mol. The smallest absolute Gasteiger partial charge is 0.267 e. The van der Waals surface area contributed by atoms with Crippen LogP contribution >= 0.6 is 0 Å². The Morgan fingerprint density at radius 3 is 2.60 bits per heavy atom. The molecule has 0 bridgehead atoms. The van der Waals surface area contributed by atoms with Crippen LogP contribution in [0.3, 0.4) is 0 Å². The average Bonchev–Trinajstić information content (AvgIpc) is 3.45. The molecule has 0 saturated heterocycles. The lowest BCUT2D eigenvalue weighted by molar-refractivity contribution is 0.0995. The van der Waals surface area contributed by atoms with Gasteiger partial charge in [0.1, 0.15) is 11.4 Å². The van der Waals surface area contributed by atoms with E-state index in [2.05, 4.69) is 22.2 Å². The lowest BCUT2D eigenvalue weighted by atomic mass is 10.1. The molecule has 6 heteroatoms. The van der Waals surface area contributed by atoms with Gasteiger partial charge in [0.25, 0.3) is 5.91 Å². The molecule has 1 aromatic carbocycles. The van der Waals surface area contributed by atoms with Crippen LogP contribution in [0.25, 0.3) is 11.3 Å². The van der Waals surface area contributed by atoms with Crippen LogP contribution in [0.15, 0.2) is 30.3 Å². The van der Waals surface area contributed by atoms with E-state index in [1.54, 1.807) is 13.2 Å². The van der Waals surface area contributed by atoms with Gasteiger partial charge in [-0.2, -0.15) is 0 Å². The van der Waals surface area contributed by atoms with Crippen molar-refractivity contribution in [3.8, 4) is 17.0 Å². The first-order chi connectivity index (χ1) is 12.1. The number of nitrogens with two attached hydrogens (primary N) is 1. The van der Waals surface area contributed by atoms with Crippen molar-refractivity contribution >= 4 is 11.9 Å². The Morgan fingerprint density at radius 1 is 1.32 bits per heavy atom. The van der Waals surface area contributed by atoms with E-state index in [1.807, 2.05) is 24.3 Å². The zero-order valence-corrected chi connectivity index (χ0v) is 14.7. The average molecular weight is 340 g/mol. The van der Waals surface area contributed by atoms with Gasteiger partial charge in [0.2, 0.25) is 5.95 Å². The Bertz CT molecular complexity index is 742. The van der Waals surface area contributed by atoms with Gasteiger partial charge in [0.15, 0.2) is 0 Å². The molecule has 1 saturated carbocycles. The Kier molecular flexibility index (Phi) is 5.16. The first kappa shape index (κ1) is 17.2. The van der Waals surface area contributed by atoms with E-state index < -0.39 is 5.91 Å². The number of amides is 1. The maximum Gasteiger partial charge on any atom is 0.267 e. The zero-order valence-electron chi connectivity index (χ0n) is 14.7. The Labute approximate surface area is 147 Å². The van der Waals surface area contributed by atoms with E-state index in [0.717, 1.165) is 30.1 Å². The van der Waals surface area contributed by atoms with Crippen LogP contribution in [0.1, 0.15) is 43.1 Å². The molecule has 1 aliphatic carbocycles. The Balaban J connectivity index is 1.88. The first-order valence-electron chi connectivity index (χ1n) is 8.69. The summed E-state index contributed by atoms with van der Waals surface area (Å²) in [6, 6.07) is 9.44. The van der Waals surface area contributed by atoms with Gasteiger partial charge in [-0.05, 0) is 49.1 Å². The van der Waals surface area contributed by atoms with E-state index in [-0.39, 0.29) is 5.69 Å². The number of hydrogen-bond acceptors (Lipinski definition) is 5. The predicted molar refractivity (Wildman–Crippen MR) is 97.6 cm³/mol. The van der Waals surface area contributed by atoms with Crippen LogP contribution in [0.4, 0.5) is 5.95 Å². The number of aromatic nitrogens is 2. The van der Waals surface area contributed by atoms with Gasteiger partial charge in [0, 0.05) is 11.6 Å². The molecule has 0 radical (unpaired) electrons. The number of rotatable bonds is 8. The summed E-state index contributed by atoms with van der Waals surface area (Å²) in [6.07, 6.45) is 4.70. The number of ether oxygens (including phenoxy) is 1. The van der Waals surface area contributed by atoms with Gasteiger partial charge in [-0.3, -0.25) is 4.79 Å². The topological polar surface area (TPSA) is 90.1 Å². The summed E-state index contributed by atoms with van der Waals surface area (Å²) >= 11 is 0. The molecule has 6 nitrogen and oxygen atoms in total. The minimum absolute atomic E-state index is 0.213. The molecule has 1 fully saturated rings. The third kappa shape index (κ3) is 4.47. The predicted octanol–water partition coefficient (Wildman–Crippen LogP) is 3.24. The first-order valence-corrected chi connectivity index (χ1v) is 8.69. The van der Waals surface area contributed by atoms with E-state index in [9.17, 15) is 4.79 Å². The standard InChI is InChI=1S/C19H24N4O2/c1-3-14(10-12-4-5-12)21-19-22-16(11-17(23-19)18(20)24)13-6-8-15(25-2)9-7-13/h6-9,11-12,14H,3-5,10H2,1-2H3,(H2,20,24)(H,21,22,23). The largest absolute Gasteiger partial charge is 0.497 e. The molecule has 3 rings (SSSR count). The number of carbonyl (C=O) groups is 1. The summed E-state index contributed by atoms with van der Waals surface area (Å²) < 4.78 is 5.18. The summed E-state index contributed by atoms with van der Waals surface area (Å²) in [5.41, 5.74) is 7.21. The minimum atomic E-state index is -0.560. The van der Waals surface area contributed by atoms with Gasteiger partial charge < -0.3 is 15.8 Å². The number of benzene rings is 1. The highest BCUT2D eigenvalue weighted by atomic mass is 16.5. The molecule has 1 aromatic heterocycles. The number of methoxy groups -OCH3 is 1. The van der Waals surface area contributed by atoms with E-state index in [4.69, 9.17) is 10.5 Å². The molecular weight excluding hydrogens is 316 g/mol. The molecule has 25 heavy (non-hydrogen) atoms. The summed E-state index contributed by atoms with van der Waals surface area (Å²) in [5.74, 6) is 1.46. The number of nitrogens with one attached hydrogen (secondary N) is 1. The highest BCUT2D eigenvalue weighted by molar-refractivity contribution is 5.92. The molecule has 1 unspecified atom stereocenters. The quantitative estimate of drug-likeness (QED) is 0.770. The summed E-state index contributed by atoms with van der Waals surface area (Å²) in [6.45, 7) is 2.14. The number of nitrogens with zero attached hydrogens (tertiary/aromatic N) is 2. The van der Waals surface area contributed by atoms with Gasteiger partial charge >= 0.3 is 0 Å². The molecule has 2 aromatic rings. The second kappa shape index (κ2) is 7.51. The van der Waals surface area contributed by atoms with Gasteiger partial charge in [-0.1, -0.05) is 19.8 Å². The van der Waals surface area contributed by atoms with E-state index in [0.29, 0.717) is 17.7 Å². The third-order valence-electron chi connectivity index (χ3n) is 4.51. The summed E-state index contributed by atoms with van der Waals surface area (Å²) in [5, 5.41) is 3.37. The van der Waals surface area contributed by atoms with Crippen LogP contribution in [-0.4, -0.2) is 29.0 Å². The van der Waals surface area contributed by atoms with Crippen LogP contribution in [0, 0.1) is 5.92 Å². The minimum Gasteiger partial charge on any atom is -0.497 e. The zero-order chi connectivity index (χ0) is 17.8. The van der Waals surface area contributed by atoms with Crippen molar-refractivity contribution in [2.45, 2.75) is 38.6 Å². The fourth-order valence-corrected chi connectivity index (χ4v) is 2.81. The Morgan fingerprint density at radius 2 is 2.04 bits per heavy atom. The van der Waals surface area contributed by atoms with Crippen molar-refractivity contribution < 1.29 is 9.53 Å². The maximum absolute atomic E-state index is 11.7. The fourth-order valence-electron chi connectivity index (χ4n) is 2.81. The Hall–Kier alpha value is -2.63. The van der Waals surface area contributed by atoms with Gasteiger partial charge in [0.05, 0.1) is 12.8 Å². The number of anilines is 1. The third-order valence-corrected chi connectivity index (χ3v) is 4.51. The highest BCUT2D eigenvalue weighted by Crippen LogP contribution is 2.34. The summed E-state index contributed by atoms with van der Waals surface area (Å²) in [4.78, 5) is 20.5. The number of carbonyl (C=O) groups excluding carboxylic acids is 1. The van der Waals surface area contributed by atoms with Gasteiger partial charge in [-0.15, -0.1) is 0 Å². The van der Waals surface area contributed by atoms with Crippen molar-refractivity contribution in [3.05, 3.63) is 36.0 Å². The SMILES string of the molecule is CCC(CC1CC1)Nc1nc(C(N)=O)cc(-c2ccc(OC)cc2)n1. The van der Waals surface area contributed by atoms with Crippen LogP contribution in [0.5, 0.6) is 5.75 Å². The van der Waals surface area contributed by atoms with Crippen molar-refractivity contribution in [3.63, 3.8) is 0 Å². The molecule has 1 heterocycles. The maximum atomic E-state index is 11.7. The molecular formula is C19H24N4O2.